The molecule has 92 valence electrons. The van der Waals surface area contributed by atoms with Crippen molar-refractivity contribution in [2.24, 2.45) is 0 Å². The smallest absolute Gasteiger partial charge is 0.344 e. The van der Waals surface area contributed by atoms with E-state index >= 15 is 0 Å². The van der Waals surface area contributed by atoms with Gasteiger partial charge in [-0.05, 0) is 0 Å². The van der Waals surface area contributed by atoms with Crippen LogP contribution >= 0.6 is 0 Å². The Morgan fingerprint density at radius 2 is 2.24 bits per heavy atom. The minimum Gasteiger partial charge on any atom is -0.481 e. The molecule has 0 unspecified atom stereocenters. The molecule has 0 atom stereocenters. The van der Waals surface area contributed by atoms with Gasteiger partial charge in [0.15, 0.2) is 5.56 Å². The van der Waals surface area contributed by atoms with Gasteiger partial charge in [-0.3, -0.25) is 10.1 Å². The lowest BCUT2D eigenvalue weighted by Gasteiger charge is -2.07. The first-order chi connectivity index (χ1) is 7.88. The van der Waals surface area contributed by atoms with Crippen LogP contribution in [0.15, 0.2) is 6.07 Å². The van der Waals surface area contributed by atoms with Crippen LogP contribution in [0.5, 0.6) is 5.88 Å². The van der Waals surface area contributed by atoms with Crippen molar-refractivity contribution in [3.8, 4) is 5.88 Å². The number of methoxy groups -OCH3 is 1. The van der Waals surface area contributed by atoms with E-state index in [2.05, 4.69) is 9.72 Å². The van der Waals surface area contributed by atoms with E-state index in [-0.39, 0.29) is 0 Å². The molecule has 1 heterocycles. The van der Waals surface area contributed by atoms with Crippen molar-refractivity contribution in [2.75, 3.05) is 7.11 Å². The molecule has 7 nitrogen and oxygen atoms in total. The molecule has 0 aromatic carbocycles. The number of carboxylic acid groups (broad SMARTS) is 1. The van der Waals surface area contributed by atoms with E-state index in [0.717, 1.165) is 7.11 Å². The number of carboxylic acids is 1. The third kappa shape index (κ3) is 2.44. The fourth-order valence-electron chi connectivity index (χ4n) is 1.15. The summed E-state index contributed by atoms with van der Waals surface area (Å²) in [4.78, 5) is 23.4. The Bertz CT molecular complexity index is 477. The van der Waals surface area contributed by atoms with E-state index in [9.17, 15) is 23.7 Å². The summed E-state index contributed by atoms with van der Waals surface area (Å²) in [7, 11) is 1.07. The Hall–Kier alpha value is -2.32. The monoisotopic (exact) mass is 248 g/mol. The molecule has 0 aliphatic carbocycles. The summed E-state index contributed by atoms with van der Waals surface area (Å²) >= 11 is 0. The summed E-state index contributed by atoms with van der Waals surface area (Å²) in [5.41, 5.74) is -3.31. The molecule has 1 aromatic heterocycles. The number of aromatic carboxylic acids is 1. The average Bonchev–Trinajstić information content (AvgIpc) is 2.26. The Kier molecular flexibility index (Phi) is 3.51. The van der Waals surface area contributed by atoms with Gasteiger partial charge in [0.25, 0.3) is 12.1 Å². The lowest BCUT2D eigenvalue weighted by Crippen LogP contribution is -2.10. The Morgan fingerprint density at radius 1 is 1.65 bits per heavy atom. The van der Waals surface area contributed by atoms with Gasteiger partial charge in [-0.25, -0.2) is 18.6 Å². The molecule has 0 aliphatic rings. The first-order valence-corrected chi connectivity index (χ1v) is 4.13. The van der Waals surface area contributed by atoms with Gasteiger partial charge >= 0.3 is 5.97 Å². The molecule has 1 rings (SSSR count). The molecule has 9 heteroatoms. The Morgan fingerprint density at radius 3 is 2.59 bits per heavy atom. The number of nitro groups is 1. The Balaban J connectivity index is 3.61. The second-order valence-corrected chi connectivity index (χ2v) is 2.81. The summed E-state index contributed by atoms with van der Waals surface area (Å²) in [5.74, 6) is -2.29. The molecule has 0 radical (unpaired) electrons. The number of rotatable bonds is 4. The quantitative estimate of drug-likeness (QED) is 0.641. The molecular formula is C8H6F2N2O5. The maximum Gasteiger partial charge on any atom is 0.344 e. The van der Waals surface area contributed by atoms with Gasteiger partial charge < -0.3 is 9.84 Å². The third-order valence-electron chi connectivity index (χ3n) is 1.83. The van der Waals surface area contributed by atoms with Crippen molar-refractivity contribution >= 4 is 11.7 Å². The van der Waals surface area contributed by atoms with Crippen molar-refractivity contribution in [1.29, 1.82) is 0 Å². The van der Waals surface area contributed by atoms with Crippen molar-refractivity contribution in [3.05, 3.63) is 27.4 Å². The summed E-state index contributed by atoms with van der Waals surface area (Å²) in [6, 6.07) is 0.676. The number of aromatic nitrogens is 1. The highest BCUT2D eigenvalue weighted by atomic mass is 19.3. The fourth-order valence-corrected chi connectivity index (χ4v) is 1.15. The van der Waals surface area contributed by atoms with Crippen LogP contribution in [-0.4, -0.2) is 28.1 Å². The van der Waals surface area contributed by atoms with Crippen LogP contribution in [0.3, 0.4) is 0 Å². The zero-order chi connectivity index (χ0) is 13.2. The van der Waals surface area contributed by atoms with Gasteiger partial charge in [-0.1, -0.05) is 0 Å². The lowest BCUT2D eigenvalue weighted by molar-refractivity contribution is -0.385. The van der Waals surface area contributed by atoms with E-state index in [4.69, 9.17) is 5.11 Å². The molecule has 0 saturated carbocycles. The normalized spacial score (nSPS) is 10.4. The topological polar surface area (TPSA) is 103 Å². The van der Waals surface area contributed by atoms with Crippen LogP contribution in [-0.2, 0) is 0 Å². The van der Waals surface area contributed by atoms with Gasteiger partial charge in [0.1, 0.15) is 5.69 Å². The van der Waals surface area contributed by atoms with Crippen LogP contribution in [0.2, 0.25) is 0 Å². The van der Waals surface area contributed by atoms with Gasteiger partial charge in [-0.15, -0.1) is 0 Å². The van der Waals surface area contributed by atoms with E-state index in [1.54, 1.807) is 0 Å². The number of alkyl halides is 2. The van der Waals surface area contributed by atoms with E-state index in [0.29, 0.717) is 6.07 Å². The predicted molar refractivity (Wildman–Crippen MR) is 49.4 cm³/mol. The second kappa shape index (κ2) is 4.68. The standard InChI is InChI=1S/C8H6F2N2O5/c1-17-4-2-3(12(15)16)5(8(13)14)6(11-4)7(9)10/h2,7H,1H3,(H,13,14). The Labute approximate surface area is 92.8 Å². The molecular weight excluding hydrogens is 242 g/mol. The molecule has 0 fully saturated rings. The van der Waals surface area contributed by atoms with Crippen LogP contribution in [0.25, 0.3) is 0 Å². The van der Waals surface area contributed by atoms with Crippen molar-refractivity contribution in [2.45, 2.75) is 6.43 Å². The highest BCUT2D eigenvalue weighted by Crippen LogP contribution is 2.31. The minimum absolute atomic E-state index is 0.447. The maximum atomic E-state index is 12.5. The molecule has 0 amide bonds. The van der Waals surface area contributed by atoms with Crippen LogP contribution in [0, 0.1) is 10.1 Å². The van der Waals surface area contributed by atoms with E-state index in [1.807, 2.05) is 0 Å². The largest absolute Gasteiger partial charge is 0.481 e. The molecule has 0 saturated heterocycles. The summed E-state index contributed by atoms with van der Waals surface area (Å²) in [5, 5.41) is 19.3. The first-order valence-electron chi connectivity index (χ1n) is 4.13. The predicted octanol–water partition coefficient (Wildman–Crippen LogP) is 1.63. The SMILES string of the molecule is COc1cc([N+](=O)[O-])c(C(=O)O)c(C(F)F)n1. The van der Waals surface area contributed by atoms with Crippen molar-refractivity contribution in [3.63, 3.8) is 0 Å². The van der Waals surface area contributed by atoms with Gasteiger partial charge in [0, 0.05) is 0 Å². The number of carbonyl (C=O) groups is 1. The molecule has 0 aliphatic heterocycles. The lowest BCUT2D eigenvalue weighted by atomic mass is 10.1. The van der Waals surface area contributed by atoms with Gasteiger partial charge in [0.2, 0.25) is 5.88 Å². The minimum atomic E-state index is -3.25. The number of pyridine rings is 1. The van der Waals surface area contributed by atoms with Crippen LogP contribution in [0.1, 0.15) is 22.5 Å². The number of ether oxygens (including phenoxy) is 1. The summed E-state index contributed by atoms with van der Waals surface area (Å²) < 4.78 is 29.6. The molecule has 1 aromatic rings. The summed E-state index contributed by atoms with van der Waals surface area (Å²) in [6.07, 6.45) is -3.25. The maximum absolute atomic E-state index is 12.5. The third-order valence-corrected chi connectivity index (χ3v) is 1.83. The van der Waals surface area contributed by atoms with Crippen molar-refractivity contribution in [1.82, 2.24) is 4.98 Å². The number of nitrogens with zero attached hydrogens (tertiary/aromatic N) is 2. The van der Waals surface area contributed by atoms with Gasteiger partial charge in [0.05, 0.1) is 18.1 Å². The van der Waals surface area contributed by atoms with E-state index in [1.165, 1.54) is 0 Å². The van der Waals surface area contributed by atoms with Crippen LogP contribution in [0.4, 0.5) is 14.5 Å². The molecule has 0 spiro atoms. The zero-order valence-corrected chi connectivity index (χ0v) is 8.39. The molecule has 0 bridgehead atoms. The number of hydrogen-bond donors (Lipinski definition) is 1. The van der Waals surface area contributed by atoms with E-state index < -0.39 is 40.1 Å². The number of halogens is 2. The highest BCUT2D eigenvalue weighted by Gasteiger charge is 2.31. The average molecular weight is 248 g/mol. The van der Waals surface area contributed by atoms with Crippen LogP contribution < -0.4 is 4.74 Å². The molecule has 17 heavy (non-hydrogen) atoms. The zero-order valence-electron chi connectivity index (χ0n) is 8.39. The van der Waals surface area contributed by atoms with Gasteiger partial charge in [-0.2, -0.15) is 0 Å². The fraction of sp³-hybridized carbons (Fsp3) is 0.250. The second-order valence-electron chi connectivity index (χ2n) is 2.81. The summed E-state index contributed by atoms with van der Waals surface area (Å²) in [6.45, 7) is 0. The van der Waals surface area contributed by atoms with Crippen molar-refractivity contribution < 1.29 is 28.3 Å². The number of hydrogen-bond acceptors (Lipinski definition) is 5. The highest BCUT2D eigenvalue weighted by molar-refractivity contribution is 5.93. The first kappa shape index (κ1) is 12.7. The molecule has 1 N–H and O–H groups in total.